The molecule has 1 saturated carbocycles. The van der Waals surface area contributed by atoms with Crippen LogP contribution in [0.3, 0.4) is 0 Å². The topological polar surface area (TPSA) is 100 Å². The van der Waals surface area contributed by atoms with Crippen LogP contribution in [0.25, 0.3) is 22.4 Å². The molecule has 0 N–H and O–H groups in total. The molecule has 1 aliphatic carbocycles. The van der Waals surface area contributed by atoms with Gasteiger partial charge in [-0.2, -0.15) is 5.10 Å². The summed E-state index contributed by atoms with van der Waals surface area (Å²) in [6, 6.07) is 4.42. The molecule has 1 aliphatic heterocycles. The van der Waals surface area contributed by atoms with Crippen LogP contribution in [-0.4, -0.2) is 34.8 Å². The Kier molecular flexibility index (Phi) is 5.02. The van der Waals surface area contributed by atoms with Gasteiger partial charge in [-0.05, 0) is 50.5 Å². The first-order valence-corrected chi connectivity index (χ1v) is 12.6. The summed E-state index contributed by atoms with van der Waals surface area (Å²) >= 11 is 6.60. The van der Waals surface area contributed by atoms with Gasteiger partial charge in [0.1, 0.15) is 5.56 Å². The SMILES string of the molecule is CC(C)OC(=O)c1cc2c(n(C3CC3)c1=O)-c1cc(Cl)c(-c3cnn(C)c3)cc1S(=O)(=O)C2. The first kappa shape index (κ1) is 21.9. The number of fused-ring (bicyclic) bond motifs is 3. The largest absolute Gasteiger partial charge is 0.459 e. The Labute approximate surface area is 195 Å². The summed E-state index contributed by atoms with van der Waals surface area (Å²) in [5, 5.41) is 4.49. The number of rotatable bonds is 4. The van der Waals surface area contributed by atoms with Gasteiger partial charge in [0.25, 0.3) is 5.56 Å². The second-order valence-electron chi connectivity index (χ2n) is 8.78. The van der Waals surface area contributed by atoms with Crippen molar-refractivity contribution in [3.8, 4) is 22.4 Å². The van der Waals surface area contributed by atoms with E-state index in [2.05, 4.69) is 5.10 Å². The Morgan fingerprint density at radius 3 is 2.55 bits per heavy atom. The Morgan fingerprint density at radius 1 is 1.21 bits per heavy atom. The highest BCUT2D eigenvalue weighted by Crippen LogP contribution is 2.46. The zero-order valence-electron chi connectivity index (χ0n) is 18.3. The third-order valence-electron chi connectivity index (χ3n) is 5.81. The molecule has 5 rings (SSSR count). The average Bonchev–Trinajstić information content (AvgIpc) is 3.47. The van der Waals surface area contributed by atoms with Crippen LogP contribution in [-0.2, 0) is 27.4 Å². The molecular formula is C23H22ClN3O5S. The number of sulfone groups is 1. The number of hydrogen-bond acceptors (Lipinski definition) is 6. The molecule has 0 atom stereocenters. The number of pyridine rings is 1. The van der Waals surface area contributed by atoms with Gasteiger partial charge in [0, 0.05) is 41.0 Å². The van der Waals surface area contributed by atoms with Gasteiger partial charge in [-0.15, -0.1) is 0 Å². The predicted molar refractivity (Wildman–Crippen MR) is 123 cm³/mol. The minimum atomic E-state index is -3.75. The van der Waals surface area contributed by atoms with Crippen LogP contribution in [0.15, 0.2) is 40.3 Å². The summed E-state index contributed by atoms with van der Waals surface area (Å²) in [5.74, 6) is -1.07. The standard InChI is InChI=1S/C23H22ClN3O5S/c1-12(2)32-23(29)18-6-13-11-33(30,31)20-8-16(14-9-25-26(3)10-14)19(24)7-17(20)21(13)27(22(18)28)15-4-5-15/h6-10,12,15H,4-5,11H2,1-3H3. The van der Waals surface area contributed by atoms with Crippen LogP contribution in [0, 0.1) is 0 Å². The summed E-state index contributed by atoms with van der Waals surface area (Å²) in [5.41, 5.74) is 1.90. The summed E-state index contributed by atoms with van der Waals surface area (Å²) in [6.07, 6.45) is 4.52. The van der Waals surface area contributed by atoms with Gasteiger partial charge < -0.3 is 9.30 Å². The average molecular weight is 488 g/mol. The molecule has 8 nitrogen and oxygen atoms in total. The van der Waals surface area contributed by atoms with E-state index in [0.29, 0.717) is 33.0 Å². The number of hydrogen-bond donors (Lipinski definition) is 0. The second kappa shape index (κ2) is 7.56. The van der Waals surface area contributed by atoms with E-state index in [-0.39, 0.29) is 22.3 Å². The first-order chi connectivity index (χ1) is 15.6. The highest BCUT2D eigenvalue weighted by Gasteiger charge is 2.37. The number of carbonyl (C=O) groups excluding carboxylic acids is 1. The number of aryl methyl sites for hydroxylation is 1. The van der Waals surface area contributed by atoms with Crippen LogP contribution in [0.4, 0.5) is 0 Å². The van der Waals surface area contributed by atoms with Crippen molar-refractivity contribution < 1.29 is 17.9 Å². The molecule has 3 heterocycles. The fourth-order valence-electron chi connectivity index (χ4n) is 4.27. The highest BCUT2D eigenvalue weighted by atomic mass is 35.5. The van der Waals surface area contributed by atoms with E-state index in [4.69, 9.17) is 16.3 Å². The maximum atomic E-state index is 13.4. The van der Waals surface area contributed by atoms with Crippen molar-refractivity contribution in [1.82, 2.24) is 14.3 Å². The van der Waals surface area contributed by atoms with Gasteiger partial charge >= 0.3 is 5.97 Å². The Morgan fingerprint density at radius 2 is 1.94 bits per heavy atom. The number of ether oxygens (including phenoxy) is 1. The van der Waals surface area contributed by atoms with Crippen LogP contribution >= 0.6 is 11.6 Å². The smallest absolute Gasteiger partial charge is 0.344 e. The number of aromatic nitrogens is 3. The van der Waals surface area contributed by atoms with E-state index >= 15 is 0 Å². The summed E-state index contributed by atoms with van der Waals surface area (Å²) in [6.45, 7) is 3.39. The highest BCUT2D eigenvalue weighted by molar-refractivity contribution is 7.90. The molecule has 172 valence electrons. The van der Waals surface area contributed by atoms with Gasteiger partial charge in [0.2, 0.25) is 0 Å². The van der Waals surface area contributed by atoms with Crippen molar-refractivity contribution in [2.24, 2.45) is 7.05 Å². The normalized spacial score (nSPS) is 16.4. The number of halogens is 1. The van der Waals surface area contributed by atoms with Crippen LogP contribution in [0.2, 0.25) is 5.02 Å². The van der Waals surface area contributed by atoms with Crippen molar-refractivity contribution in [2.45, 2.75) is 49.5 Å². The third-order valence-corrected chi connectivity index (χ3v) is 7.82. The fourth-order valence-corrected chi connectivity index (χ4v) is 6.11. The van der Waals surface area contributed by atoms with E-state index in [1.807, 2.05) is 0 Å². The molecule has 0 amide bonds. The van der Waals surface area contributed by atoms with Crippen molar-refractivity contribution in [3.05, 3.63) is 57.1 Å². The lowest BCUT2D eigenvalue weighted by Gasteiger charge is -2.26. The quantitative estimate of drug-likeness (QED) is 0.519. The number of carbonyl (C=O) groups is 1. The second-order valence-corrected chi connectivity index (χ2v) is 11.1. The number of esters is 1. The van der Waals surface area contributed by atoms with Gasteiger partial charge in [-0.1, -0.05) is 11.6 Å². The van der Waals surface area contributed by atoms with Crippen molar-refractivity contribution in [3.63, 3.8) is 0 Å². The van der Waals surface area contributed by atoms with E-state index in [1.165, 1.54) is 6.07 Å². The predicted octanol–water partition coefficient (Wildman–Crippen LogP) is 3.76. The molecule has 1 fully saturated rings. The van der Waals surface area contributed by atoms with E-state index < -0.39 is 27.5 Å². The van der Waals surface area contributed by atoms with Crippen LogP contribution in [0.1, 0.15) is 48.7 Å². The fraction of sp³-hybridized carbons (Fsp3) is 0.348. The monoisotopic (exact) mass is 487 g/mol. The molecule has 1 aromatic carbocycles. The first-order valence-electron chi connectivity index (χ1n) is 10.6. The lowest BCUT2D eigenvalue weighted by molar-refractivity contribution is 0.0375. The molecular weight excluding hydrogens is 466 g/mol. The van der Waals surface area contributed by atoms with E-state index in [1.54, 1.807) is 54.7 Å². The molecule has 2 aromatic heterocycles. The number of benzene rings is 1. The molecule has 2 aliphatic rings. The minimum absolute atomic E-state index is 0.0940. The van der Waals surface area contributed by atoms with Crippen molar-refractivity contribution in [1.29, 1.82) is 0 Å². The van der Waals surface area contributed by atoms with Crippen LogP contribution < -0.4 is 5.56 Å². The Balaban J connectivity index is 1.78. The molecule has 0 spiro atoms. The van der Waals surface area contributed by atoms with Gasteiger partial charge in [0.05, 0.1) is 28.6 Å². The Hall–Kier alpha value is -2.91. The maximum Gasteiger partial charge on any atom is 0.344 e. The molecule has 10 heteroatoms. The molecule has 0 bridgehead atoms. The summed E-state index contributed by atoms with van der Waals surface area (Å²) < 4.78 is 35.0. The van der Waals surface area contributed by atoms with Crippen molar-refractivity contribution >= 4 is 27.4 Å². The van der Waals surface area contributed by atoms with Gasteiger partial charge in [0.15, 0.2) is 9.84 Å². The minimum Gasteiger partial charge on any atom is -0.459 e. The van der Waals surface area contributed by atoms with Gasteiger partial charge in [-0.25, -0.2) is 13.2 Å². The lowest BCUT2D eigenvalue weighted by Crippen LogP contribution is -2.32. The molecule has 0 unspecified atom stereocenters. The summed E-state index contributed by atoms with van der Waals surface area (Å²) in [7, 11) is -1.99. The maximum absolute atomic E-state index is 13.4. The summed E-state index contributed by atoms with van der Waals surface area (Å²) in [4.78, 5) is 26.1. The number of nitrogens with zero attached hydrogens (tertiary/aromatic N) is 3. The zero-order valence-corrected chi connectivity index (χ0v) is 19.9. The molecule has 0 radical (unpaired) electrons. The molecule has 33 heavy (non-hydrogen) atoms. The van der Waals surface area contributed by atoms with E-state index in [0.717, 1.165) is 12.8 Å². The van der Waals surface area contributed by atoms with E-state index in [9.17, 15) is 18.0 Å². The Bertz CT molecular complexity index is 1480. The third kappa shape index (κ3) is 3.69. The van der Waals surface area contributed by atoms with Gasteiger partial charge in [-0.3, -0.25) is 9.48 Å². The van der Waals surface area contributed by atoms with Crippen molar-refractivity contribution in [2.75, 3.05) is 0 Å². The molecule has 0 saturated heterocycles. The zero-order chi connectivity index (χ0) is 23.7. The lowest BCUT2D eigenvalue weighted by atomic mass is 10.00. The molecule has 3 aromatic rings. The van der Waals surface area contributed by atoms with Crippen LogP contribution in [0.5, 0.6) is 0 Å².